The fourth-order valence-corrected chi connectivity index (χ4v) is 4.68. The highest BCUT2D eigenvalue weighted by Gasteiger charge is 2.22. The second-order valence-corrected chi connectivity index (χ2v) is 8.68. The maximum atomic E-state index is 13.3. The molecule has 3 aromatic rings. The molecule has 4 rings (SSSR count). The molecule has 7 heteroatoms. The van der Waals surface area contributed by atoms with Crippen molar-refractivity contribution in [3.05, 3.63) is 58.6 Å². The summed E-state index contributed by atoms with van der Waals surface area (Å²) in [4.78, 5) is 22.2. The molecule has 0 atom stereocenters. The molecule has 29 heavy (non-hydrogen) atoms. The molecule has 5 nitrogen and oxygen atoms in total. The summed E-state index contributed by atoms with van der Waals surface area (Å²) in [6.45, 7) is 7.05. The number of hydrogen-bond donors (Lipinski definition) is 0. The van der Waals surface area contributed by atoms with E-state index in [1.54, 1.807) is 0 Å². The van der Waals surface area contributed by atoms with Crippen LogP contribution in [0.5, 0.6) is 0 Å². The molecule has 0 saturated carbocycles. The van der Waals surface area contributed by atoms with Gasteiger partial charge < -0.3 is 4.74 Å². The average Bonchev–Trinajstić information content (AvgIpc) is 3.15. The lowest BCUT2D eigenvalue weighted by Crippen LogP contribution is -2.39. The number of anilines is 1. The molecule has 1 amide bonds. The largest absolute Gasteiger partial charge is 0.379 e. The minimum Gasteiger partial charge on any atom is -0.379 e. The first-order chi connectivity index (χ1) is 14.1. The van der Waals surface area contributed by atoms with Crippen molar-refractivity contribution in [2.24, 2.45) is 0 Å². The van der Waals surface area contributed by atoms with Crippen LogP contribution in [-0.4, -0.2) is 55.2 Å². The topological polar surface area (TPSA) is 45.7 Å². The van der Waals surface area contributed by atoms with Gasteiger partial charge in [0.25, 0.3) is 5.91 Å². The van der Waals surface area contributed by atoms with E-state index in [0.29, 0.717) is 17.1 Å². The van der Waals surface area contributed by atoms with E-state index in [2.05, 4.69) is 4.90 Å². The maximum absolute atomic E-state index is 13.3. The normalized spacial score (nSPS) is 15.0. The number of ether oxygens (including phenoxy) is 1. The predicted molar refractivity (Wildman–Crippen MR) is 119 cm³/mol. The minimum atomic E-state index is -0.0165. The Morgan fingerprint density at radius 3 is 2.72 bits per heavy atom. The van der Waals surface area contributed by atoms with E-state index < -0.39 is 0 Å². The maximum Gasteiger partial charge on any atom is 0.260 e. The fourth-order valence-electron chi connectivity index (χ4n) is 3.41. The third-order valence-corrected chi connectivity index (χ3v) is 6.35. The summed E-state index contributed by atoms with van der Waals surface area (Å²) in [5.74, 6) is -0.0165. The number of carbonyl (C=O) groups is 1. The number of thiazole rings is 1. The van der Waals surface area contributed by atoms with Crippen molar-refractivity contribution in [2.45, 2.75) is 13.3 Å². The third kappa shape index (κ3) is 4.95. The molecule has 0 N–H and O–H groups in total. The van der Waals surface area contributed by atoms with Gasteiger partial charge >= 0.3 is 0 Å². The lowest BCUT2D eigenvalue weighted by molar-refractivity contribution is 0.0376. The number of benzene rings is 2. The smallest absolute Gasteiger partial charge is 0.260 e. The van der Waals surface area contributed by atoms with Crippen LogP contribution in [-0.2, 0) is 4.74 Å². The number of fused-ring (bicyclic) bond motifs is 1. The van der Waals surface area contributed by atoms with Crippen molar-refractivity contribution < 1.29 is 9.53 Å². The third-order valence-electron chi connectivity index (χ3n) is 5.07. The summed E-state index contributed by atoms with van der Waals surface area (Å²) in [5.41, 5.74) is 2.68. The van der Waals surface area contributed by atoms with Crippen LogP contribution in [0.4, 0.5) is 5.13 Å². The number of halogens is 1. The van der Waals surface area contributed by atoms with E-state index in [1.165, 1.54) is 11.3 Å². The monoisotopic (exact) mass is 429 g/mol. The standard InChI is InChI=1S/C22H24ClN3O2S/c1-16-3-5-17(6-4-16)21(27)26(10-2-9-25-11-13-28-14-12-25)22-24-19-8-7-18(23)15-20(19)29-22/h3-8,15H,2,9-14H2,1H3. The van der Waals surface area contributed by atoms with Crippen LogP contribution in [0.1, 0.15) is 22.3 Å². The Bertz CT molecular complexity index is 983. The molecular formula is C22H24ClN3O2S. The van der Waals surface area contributed by atoms with E-state index in [4.69, 9.17) is 21.3 Å². The summed E-state index contributed by atoms with van der Waals surface area (Å²) >= 11 is 7.64. The van der Waals surface area contributed by atoms with Crippen LogP contribution in [0.25, 0.3) is 10.2 Å². The van der Waals surface area contributed by atoms with Gasteiger partial charge in [-0.2, -0.15) is 0 Å². The molecule has 1 fully saturated rings. The molecule has 0 radical (unpaired) electrons. The number of aryl methyl sites for hydroxylation is 1. The second-order valence-electron chi connectivity index (χ2n) is 7.24. The van der Waals surface area contributed by atoms with Crippen molar-refractivity contribution in [1.29, 1.82) is 0 Å². The van der Waals surface area contributed by atoms with Crippen molar-refractivity contribution >= 4 is 44.2 Å². The lowest BCUT2D eigenvalue weighted by atomic mass is 10.1. The van der Waals surface area contributed by atoms with Crippen LogP contribution in [0.2, 0.25) is 5.02 Å². The second kappa shape index (κ2) is 9.22. The molecule has 1 saturated heterocycles. The molecule has 2 heterocycles. The summed E-state index contributed by atoms with van der Waals surface area (Å²) in [6.07, 6.45) is 0.883. The van der Waals surface area contributed by atoms with E-state index in [-0.39, 0.29) is 5.91 Å². The number of rotatable bonds is 6. The van der Waals surface area contributed by atoms with E-state index in [9.17, 15) is 4.79 Å². The fraction of sp³-hybridized carbons (Fsp3) is 0.364. The molecule has 1 aliphatic heterocycles. The van der Waals surface area contributed by atoms with Crippen molar-refractivity contribution in [2.75, 3.05) is 44.3 Å². The van der Waals surface area contributed by atoms with Gasteiger partial charge in [0.2, 0.25) is 0 Å². The highest BCUT2D eigenvalue weighted by molar-refractivity contribution is 7.22. The Kier molecular flexibility index (Phi) is 6.45. The van der Waals surface area contributed by atoms with Gasteiger partial charge in [0.1, 0.15) is 0 Å². The molecule has 152 valence electrons. The lowest BCUT2D eigenvalue weighted by Gasteiger charge is -2.27. The van der Waals surface area contributed by atoms with Gasteiger partial charge in [-0.25, -0.2) is 4.98 Å². The average molecular weight is 430 g/mol. The Morgan fingerprint density at radius 1 is 1.21 bits per heavy atom. The first-order valence-electron chi connectivity index (χ1n) is 9.85. The highest BCUT2D eigenvalue weighted by Crippen LogP contribution is 2.31. The van der Waals surface area contributed by atoms with Crippen LogP contribution < -0.4 is 4.90 Å². The Hall–Kier alpha value is -1.99. The molecule has 0 unspecified atom stereocenters. The van der Waals surface area contributed by atoms with Gasteiger partial charge in [-0.05, 0) is 43.7 Å². The summed E-state index contributed by atoms with van der Waals surface area (Å²) in [6, 6.07) is 13.3. The Balaban J connectivity index is 1.56. The SMILES string of the molecule is Cc1ccc(C(=O)N(CCCN2CCOCC2)c2nc3ccc(Cl)cc3s2)cc1. The van der Waals surface area contributed by atoms with Crippen LogP contribution >= 0.6 is 22.9 Å². The van der Waals surface area contributed by atoms with Crippen molar-refractivity contribution in [1.82, 2.24) is 9.88 Å². The number of morpholine rings is 1. The van der Waals surface area contributed by atoms with Gasteiger partial charge in [0, 0.05) is 36.8 Å². The predicted octanol–water partition coefficient (Wildman–Crippen LogP) is 4.63. The Labute approximate surface area is 179 Å². The number of amides is 1. The van der Waals surface area contributed by atoms with Gasteiger partial charge in [-0.1, -0.05) is 40.6 Å². The molecule has 0 spiro atoms. The quantitative estimate of drug-likeness (QED) is 0.573. The van der Waals surface area contributed by atoms with Crippen LogP contribution in [0.3, 0.4) is 0 Å². The van der Waals surface area contributed by atoms with E-state index in [0.717, 1.165) is 60.2 Å². The Morgan fingerprint density at radius 2 is 1.97 bits per heavy atom. The summed E-state index contributed by atoms with van der Waals surface area (Å²) < 4.78 is 6.41. The molecular weight excluding hydrogens is 406 g/mol. The molecule has 1 aliphatic rings. The van der Waals surface area contributed by atoms with Crippen molar-refractivity contribution in [3.8, 4) is 0 Å². The first-order valence-corrected chi connectivity index (χ1v) is 11.0. The summed E-state index contributed by atoms with van der Waals surface area (Å²) in [7, 11) is 0. The number of nitrogens with zero attached hydrogens (tertiary/aromatic N) is 3. The first kappa shape index (κ1) is 20.3. The molecule has 2 aromatic carbocycles. The van der Waals surface area contributed by atoms with E-state index in [1.807, 2.05) is 54.3 Å². The summed E-state index contributed by atoms with van der Waals surface area (Å²) in [5, 5.41) is 1.39. The molecule has 1 aromatic heterocycles. The number of aromatic nitrogens is 1. The highest BCUT2D eigenvalue weighted by atomic mass is 35.5. The van der Waals surface area contributed by atoms with Gasteiger partial charge in [-0.3, -0.25) is 14.6 Å². The van der Waals surface area contributed by atoms with Crippen LogP contribution in [0, 0.1) is 6.92 Å². The number of hydrogen-bond acceptors (Lipinski definition) is 5. The van der Waals surface area contributed by atoms with Gasteiger partial charge in [0.05, 0.1) is 23.4 Å². The van der Waals surface area contributed by atoms with E-state index >= 15 is 0 Å². The van der Waals surface area contributed by atoms with Crippen LogP contribution in [0.15, 0.2) is 42.5 Å². The minimum absolute atomic E-state index is 0.0165. The van der Waals surface area contributed by atoms with Gasteiger partial charge in [-0.15, -0.1) is 0 Å². The van der Waals surface area contributed by atoms with Gasteiger partial charge in [0.15, 0.2) is 5.13 Å². The zero-order valence-electron chi connectivity index (χ0n) is 16.4. The van der Waals surface area contributed by atoms with Crippen molar-refractivity contribution in [3.63, 3.8) is 0 Å². The molecule has 0 bridgehead atoms. The zero-order chi connectivity index (χ0) is 20.2. The zero-order valence-corrected chi connectivity index (χ0v) is 18.0. The molecule has 0 aliphatic carbocycles. The number of carbonyl (C=O) groups excluding carboxylic acids is 1.